The zero-order valence-electron chi connectivity index (χ0n) is 10.2. The van der Waals surface area contributed by atoms with Gasteiger partial charge in [-0.2, -0.15) is 0 Å². The Balaban J connectivity index is 1.99. The van der Waals surface area contributed by atoms with Crippen molar-refractivity contribution in [2.24, 2.45) is 10.6 Å². The standard InChI is InChI=1S/C14H21NS/c1-3-4-9-14(2)10-13(14)11-5-7-12(16-15)8-6-11/h5-8,13H,3-4,9-10,15H2,1-2H3. The second-order valence-electron chi connectivity index (χ2n) is 5.20. The first-order chi connectivity index (χ1) is 7.69. The minimum atomic E-state index is 0.577. The molecule has 0 bridgehead atoms. The van der Waals surface area contributed by atoms with Gasteiger partial charge in [-0.1, -0.05) is 38.8 Å². The average molecular weight is 235 g/mol. The van der Waals surface area contributed by atoms with Crippen LogP contribution in [0.1, 0.15) is 51.0 Å². The SMILES string of the molecule is CCCCC1(C)CC1c1ccc(SN)cc1. The lowest BCUT2D eigenvalue weighted by Crippen LogP contribution is -1.97. The fraction of sp³-hybridized carbons (Fsp3) is 0.571. The van der Waals surface area contributed by atoms with Gasteiger partial charge in [-0.25, -0.2) is 0 Å². The maximum Gasteiger partial charge on any atom is 0.0226 e. The highest BCUT2D eigenvalue weighted by molar-refractivity contribution is 7.97. The molecule has 1 aromatic carbocycles. The zero-order chi connectivity index (χ0) is 11.6. The molecule has 0 spiro atoms. The average Bonchev–Trinajstić information content (AvgIpc) is 3.00. The van der Waals surface area contributed by atoms with Crippen LogP contribution < -0.4 is 5.14 Å². The van der Waals surface area contributed by atoms with Gasteiger partial charge in [0.2, 0.25) is 0 Å². The zero-order valence-corrected chi connectivity index (χ0v) is 11.0. The van der Waals surface area contributed by atoms with Crippen molar-refractivity contribution in [2.45, 2.75) is 50.3 Å². The lowest BCUT2D eigenvalue weighted by molar-refractivity contribution is 0.473. The van der Waals surface area contributed by atoms with E-state index in [0.717, 1.165) is 10.8 Å². The summed E-state index contributed by atoms with van der Waals surface area (Å²) in [5.41, 5.74) is 2.07. The van der Waals surface area contributed by atoms with Crippen molar-refractivity contribution in [1.29, 1.82) is 0 Å². The van der Waals surface area contributed by atoms with Crippen molar-refractivity contribution in [3.63, 3.8) is 0 Å². The van der Waals surface area contributed by atoms with Gasteiger partial charge in [-0.15, -0.1) is 0 Å². The molecule has 1 nitrogen and oxygen atoms in total. The summed E-state index contributed by atoms with van der Waals surface area (Å²) in [6.45, 7) is 4.70. The predicted molar refractivity (Wildman–Crippen MR) is 71.5 cm³/mol. The quantitative estimate of drug-likeness (QED) is 0.768. The van der Waals surface area contributed by atoms with E-state index in [-0.39, 0.29) is 0 Å². The summed E-state index contributed by atoms with van der Waals surface area (Å²) in [7, 11) is 0. The van der Waals surface area contributed by atoms with Crippen LogP contribution in [-0.4, -0.2) is 0 Å². The van der Waals surface area contributed by atoms with E-state index in [4.69, 9.17) is 5.14 Å². The van der Waals surface area contributed by atoms with Crippen LogP contribution in [0.5, 0.6) is 0 Å². The Morgan fingerprint density at radius 3 is 2.62 bits per heavy atom. The third kappa shape index (κ3) is 2.44. The number of benzene rings is 1. The van der Waals surface area contributed by atoms with E-state index in [1.54, 1.807) is 0 Å². The maximum atomic E-state index is 5.53. The molecule has 1 fully saturated rings. The third-order valence-electron chi connectivity index (χ3n) is 3.87. The lowest BCUT2D eigenvalue weighted by Gasteiger charge is -2.10. The second kappa shape index (κ2) is 4.80. The van der Waals surface area contributed by atoms with Crippen LogP contribution in [0.15, 0.2) is 29.2 Å². The van der Waals surface area contributed by atoms with E-state index in [0.29, 0.717) is 5.41 Å². The van der Waals surface area contributed by atoms with E-state index < -0.39 is 0 Å². The Bertz CT molecular complexity index is 346. The van der Waals surface area contributed by atoms with Crippen LogP contribution in [0.3, 0.4) is 0 Å². The molecule has 88 valence electrons. The van der Waals surface area contributed by atoms with Gasteiger partial charge < -0.3 is 0 Å². The van der Waals surface area contributed by atoms with Gasteiger partial charge in [0.1, 0.15) is 0 Å². The van der Waals surface area contributed by atoms with Crippen LogP contribution in [0.2, 0.25) is 0 Å². The molecule has 16 heavy (non-hydrogen) atoms. The Labute approximate surface area is 103 Å². The Morgan fingerprint density at radius 1 is 1.38 bits per heavy atom. The number of unbranched alkanes of at least 4 members (excludes halogenated alkanes) is 1. The van der Waals surface area contributed by atoms with Gasteiger partial charge >= 0.3 is 0 Å². The highest BCUT2D eigenvalue weighted by atomic mass is 32.2. The summed E-state index contributed by atoms with van der Waals surface area (Å²) >= 11 is 1.32. The van der Waals surface area contributed by atoms with E-state index in [1.165, 1.54) is 43.2 Å². The molecule has 0 amide bonds. The van der Waals surface area contributed by atoms with Gasteiger partial charge in [0.05, 0.1) is 0 Å². The molecule has 0 aromatic heterocycles. The molecule has 1 aromatic rings. The Kier molecular flexibility index (Phi) is 3.60. The molecule has 0 saturated heterocycles. The molecule has 2 unspecified atom stereocenters. The van der Waals surface area contributed by atoms with Crippen molar-refractivity contribution in [3.05, 3.63) is 29.8 Å². The smallest absolute Gasteiger partial charge is 0.0226 e. The van der Waals surface area contributed by atoms with Gasteiger partial charge in [0.15, 0.2) is 0 Å². The van der Waals surface area contributed by atoms with Crippen molar-refractivity contribution in [1.82, 2.24) is 0 Å². The third-order valence-corrected chi connectivity index (χ3v) is 4.42. The second-order valence-corrected chi connectivity index (χ2v) is 5.91. The maximum absolute atomic E-state index is 5.53. The molecule has 1 aliphatic carbocycles. The normalized spacial score (nSPS) is 28.1. The number of nitrogens with two attached hydrogens (primary N) is 1. The molecule has 2 N–H and O–H groups in total. The van der Waals surface area contributed by atoms with Crippen LogP contribution in [0.25, 0.3) is 0 Å². The highest BCUT2D eigenvalue weighted by Crippen LogP contribution is 2.61. The monoisotopic (exact) mass is 235 g/mol. The number of hydrogen-bond acceptors (Lipinski definition) is 2. The van der Waals surface area contributed by atoms with Crippen LogP contribution in [-0.2, 0) is 0 Å². The topological polar surface area (TPSA) is 26.0 Å². The Hall–Kier alpha value is -0.470. The van der Waals surface area contributed by atoms with E-state index >= 15 is 0 Å². The molecule has 2 heteroatoms. The van der Waals surface area contributed by atoms with Crippen molar-refractivity contribution < 1.29 is 0 Å². The first-order valence-electron chi connectivity index (χ1n) is 6.16. The molecule has 0 radical (unpaired) electrons. The van der Waals surface area contributed by atoms with Crippen LogP contribution in [0, 0.1) is 5.41 Å². The minimum absolute atomic E-state index is 0.577. The van der Waals surface area contributed by atoms with Gasteiger partial charge in [0, 0.05) is 4.90 Å². The van der Waals surface area contributed by atoms with E-state index in [2.05, 4.69) is 38.1 Å². The molecule has 0 aliphatic heterocycles. The van der Waals surface area contributed by atoms with Crippen molar-refractivity contribution in [3.8, 4) is 0 Å². The molecule has 2 atom stereocenters. The summed E-state index contributed by atoms with van der Waals surface area (Å²) in [4.78, 5) is 1.15. The number of rotatable bonds is 5. The van der Waals surface area contributed by atoms with Gasteiger partial charge in [0.25, 0.3) is 0 Å². The number of hydrogen-bond donors (Lipinski definition) is 1. The summed E-state index contributed by atoms with van der Waals surface area (Å²) in [5.74, 6) is 0.788. The molecule has 0 heterocycles. The largest absolute Gasteiger partial charge is 0.274 e. The predicted octanol–water partition coefficient (Wildman–Crippen LogP) is 4.34. The molecule has 1 saturated carbocycles. The first kappa shape index (κ1) is 12.0. The van der Waals surface area contributed by atoms with Gasteiger partial charge in [-0.3, -0.25) is 5.14 Å². The molecular formula is C14H21NS. The summed E-state index contributed by atoms with van der Waals surface area (Å²) in [6, 6.07) is 8.77. The highest BCUT2D eigenvalue weighted by Gasteiger charge is 2.49. The van der Waals surface area contributed by atoms with Crippen LogP contribution >= 0.6 is 11.9 Å². The summed E-state index contributed by atoms with van der Waals surface area (Å²) in [6.07, 6.45) is 5.42. The van der Waals surface area contributed by atoms with E-state index in [9.17, 15) is 0 Å². The lowest BCUT2D eigenvalue weighted by atomic mass is 9.95. The van der Waals surface area contributed by atoms with E-state index in [1.807, 2.05) is 0 Å². The van der Waals surface area contributed by atoms with Crippen molar-refractivity contribution >= 4 is 11.9 Å². The Morgan fingerprint density at radius 2 is 2.06 bits per heavy atom. The molecule has 2 rings (SSSR count). The first-order valence-corrected chi connectivity index (χ1v) is 7.04. The van der Waals surface area contributed by atoms with Crippen molar-refractivity contribution in [2.75, 3.05) is 0 Å². The minimum Gasteiger partial charge on any atom is -0.274 e. The van der Waals surface area contributed by atoms with Crippen LogP contribution in [0.4, 0.5) is 0 Å². The van der Waals surface area contributed by atoms with Gasteiger partial charge in [-0.05, 0) is 53.8 Å². The molecular weight excluding hydrogens is 214 g/mol. The fourth-order valence-corrected chi connectivity index (χ4v) is 2.86. The molecule has 1 aliphatic rings. The summed E-state index contributed by atoms with van der Waals surface area (Å²) < 4.78 is 0. The fourth-order valence-electron chi connectivity index (χ4n) is 2.56. The summed E-state index contributed by atoms with van der Waals surface area (Å²) in [5, 5.41) is 5.53.